The molecule has 0 aliphatic rings. The Kier molecular flexibility index (Phi) is 1.89. The van der Waals surface area contributed by atoms with Gasteiger partial charge in [-0.05, 0) is 0 Å². The summed E-state index contributed by atoms with van der Waals surface area (Å²) in [4.78, 5) is 6.47. The molecule has 0 aliphatic heterocycles. The van der Waals surface area contributed by atoms with Crippen molar-refractivity contribution in [3.8, 4) is 11.3 Å². The Labute approximate surface area is 71.5 Å². The molecule has 0 bridgehead atoms. The Bertz CT molecular complexity index is 313. The Hall–Kier alpha value is -0.851. The van der Waals surface area contributed by atoms with Crippen molar-refractivity contribution in [1.29, 1.82) is 0 Å². The first kappa shape index (κ1) is 6.83. The maximum atomic E-state index is 4.27. The van der Waals surface area contributed by atoms with Crippen LogP contribution in [0.5, 0.6) is 0 Å². The van der Waals surface area contributed by atoms with Crippen LogP contribution in [0, 0.1) is 0 Å². The third-order valence-corrected chi connectivity index (χ3v) is 2.73. The van der Waals surface area contributed by atoms with Crippen molar-refractivity contribution in [3.63, 3.8) is 0 Å². The first-order valence-corrected chi connectivity index (χ1v) is 5.38. The van der Waals surface area contributed by atoms with E-state index < -0.39 is 0 Å². The molecule has 0 N–H and O–H groups in total. The Balaban J connectivity index is 2.46. The predicted octanol–water partition coefficient (Wildman–Crippen LogP) is 1.81. The minimum absolute atomic E-state index is 0.491. The summed E-state index contributed by atoms with van der Waals surface area (Å²) in [6.07, 6.45) is 0. The molecule has 0 unspecified atom stereocenters. The molecular formula is C9H7NSe. The molecule has 0 saturated heterocycles. The number of nitrogens with zero attached hydrogens (tertiary/aromatic N) is 1. The van der Waals surface area contributed by atoms with Gasteiger partial charge in [0.15, 0.2) is 0 Å². The van der Waals surface area contributed by atoms with E-state index in [1.165, 1.54) is 5.56 Å². The van der Waals surface area contributed by atoms with E-state index in [1.54, 1.807) is 0 Å². The summed E-state index contributed by atoms with van der Waals surface area (Å²) in [5, 5.41) is 2.00. The van der Waals surface area contributed by atoms with Gasteiger partial charge in [0, 0.05) is 0 Å². The molecule has 2 rings (SSSR count). The number of hydrogen-bond donors (Lipinski definition) is 0. The SMILES string of the molecule is c1ccc(-c2c[se]cn2)cc1. The molecule has 0 radical (unpaired) electrons. The van der Waals surface area contributed by atoms with Crippen LogP contribution in [0.15, 0.2) is 40.3 Å². The van der Waals surface area contributed by atoms with Gasteiger partial charge in [-0.2, -0.15) is 0 Å². The predicted molar refractivity (Wildman–Crippen MR) is 46.6 cm³/mol. The van der Waals surface area contributed by atoms with Crippen molar-refractivity contribution < 1.29 is 0 Å². The summed E-state index contributed by atoms with van der Waals surface area (Å²) in [5.74, 6) is 0. The summed E-state index contributed by atoms with van der Waals surface area (Å²) in [6.45, 7) is 0. The quantitative estimate of drug-likeness (QED) is 0.651. The van der Waals surface area contributed by atoms with Crippen molar-refractivity contribution in [2.45, 2.75) is 0 Å². The second kappa shape index (κ2) is 3.04. The van der Waals surface area contributed by atoms with E-state index >= 15 is 0 Å². The van der Waals surface area contributed by atoms with E-state index in [9.17, 15) is 0 Å². The van der Waals surface area contributed by atoms with Gasteiger partial charge in [0.1, 0.15) is 0 Å². The van der Waals surface area contributed by atoms with Gasteiger partial charge >= 0.3 is 71.1 Å². The third-order valence-electron chi connectivity index (χ3n) is 1.50. The van der Waals surface area contributed by atoms with Crippen molar-refractivity contribution in [1.82, 2.24) is 4.98 Å². The normalized spacial score (nSPS) is 9.82. The number of benzene rings is 1. The average Bonchev–Trinajstić information content (AvgIpc) is 2.58. The van der Waals surface area contributed by atoms with Crippen LogP contribution in [0.3, 0.4) is 0 Å². The fraction of sp³-hybridized carbons (Fsp3) is 0. The van der Waals surface area contributed by atoms with Gasteiger partial charge in [0.05, 0.1) is 0 Å². The van der Waals surface area contributed by atoms with Crippen LogP contribution in [0.25, 0.3) is 11.3 Å². The minimum atomic E-state index is 0.491. The fourth-order valence-electron chi connectivity index (χ4n) is 0.964. The van der Waals surface area contributed by atoms with Crippen LogP contribution in [-0.2, 0) is 0 Å². The van der Waals surface area contributed by atoms with E-state index in [-0.39, 0.29) is 0 Å². The second-order valence-electron chi connectivity index (χ2n) is 2.24. The molecular weight excluding hydrogens is 201 g/mol. The Morgan fingerprint density at radius 2 is 1.91 bits per heavy atom. The molecule has 0 fully saturated rings. The van der Waals surface area contributed by atoms with Crippen LogP contribution in [-0.4, -0.2) is 19.5 Å². The molecule has 0 saturated carbocycles. The summed E-state index contributed by atoms with van der Waals surface area (Å²) in [6, 6.07) is 10.3. The zero-order valence-corrected chi connectivity index (χ0v) is 7.61. The van der Waals surface area contributed by atoms with Gasteiger partial charge in [0.25, 0.3) is 0 Å². The number of rotatable bonds is 1. The van der Waals surface area contributed by atoms with Gasteiger partial charge < -0.3 is 0 Å². The monoisotopic (exact) mass is 209 g/mol. The molecule has 11 heavy (non-hydrogen) atoms. The van der Waals surface area contributed by atoms with Gasteiger partial charge in [0.2, 0.25) is 0 Å². The summed E-state index contributed by atoms with van der Waals surface area (Å²) < 4.78 is 0. The average molecular weight is 208 g/mol. The molecule has 0 atom stereocenters. The first-order valence-electron chi connectivity index (χ1n) is 3.40. The molecule has 54 valence electrons. The molecule has 1 aromatic carbocycles. The molecule has 0 spiro atoms. The molecule has 2 aromatic rings. The molecule has 2 heteroatoms. The zero-order valence-electron chi connectivity index (χ0n) is 5.90. The summed E-state index contributed by atoms with van der Waals surface area (Å²) in [7, 11) is 0. The molecule has 0 aliphatic carbocycles. The van der Waals surface area contributed by atoms with Crippen LogP contribution in [0.2, 0.25) is 0 Å². The van der Waals surface area contributed by atoms with Crippen molar-refractivity contribution >= 4 is 14.5 Å². The summed E-state index contributed by atoms with van der Waals surface area (Å²) in [5.41, 5.74) is 2.36. The van der Waals surface area contributed by atoms with Gasteiger partial charge in [-0.1, -0.05) is 0 Å². The van der Waals surface area contributed by atoms with Gasteiger partial charge in [-0.15, -0.1) is 0 Å². The molecule has 0 amide bonds. The Morgan fingerprint density at radius 3 is 2.55 bits per heavy atom. The van der Waals surface area contributed by atoms with Crippen LogP contribution in [0.1, 0.15) is 0 Å². The fourth-order valence-corrected chi connectivity index (χ4v) is 2.14. The second-order valence-corrected chi connectivity index (χ2v) is 3.75. The third kappa shape index (κ3) is 1.42. The van der Waals surface area contributed by atoms with Crippen LogP contribution < -0.4 is 0 Å². The standard InChI is InChI=1S/C9H7NSe/c1-2-4-8(5-3-1)9-6-11-7-10-9/h1-7H. The van der Waals surface area contributed by atoms with Crippen molar-refractivity contribution in [2.24, 2.45) is 0 Å². The van der Waals surface area contributed by atoms with E-state index in [1.807, 2.05) is 23.3 Å². The topological polar surface area (TPSA) is 12.9 Å². The maximum absolute atomic E-state index is 4.27. The van der Waals surface area contributed by atoms with Crippen molar-refractivity contribution in [3.05, 3.63) is 40.3 Å². The number of aromatic nitrogens is 1. The summed E-state index contributed by atoms with van der Waals surface area (Å²) >= 11 is 0.491. The van der Waals surface area contributed by atoms with E-state index in [2.05, 4.69) is 22.1 Å². The van der Waals surface area contributed by atoms with Crippen LogP contribution in [0.4, 0.5) is 0 Å². The van der Waals surface area contributed by atoms with Gasteiger partial charge in [-0.3, -0.25) is 0 Å². The van der Waals surface area contributed by atoms with E-state index in [0.717, 1.165) is 5.69 Å². The molecule has 1 nitrogen and oxygen atoms in total. The van der Waals surface area contributed by atoms with Gasteiger partial charge in [-0.25, -0.2) is 0 Å². The zero-order chi connectivity index (χ0) is 7.52. The first-order chi connectivity index (χ1) is 5.47. The van der Waals surface area contributed by atoms with E-state index in [4.69, 9.17) is 0 Å². The Morgan fingerprint density at radius 1 is 1.09 bits per heavy atom. The molecule has 1 heterocycles. The van der Waals surface area contributed by atoms with E-state index in [0.29, 0.717) is 14.5 Å². The van der Waals surface area contributed by atoms with Crippen LogP contribution >= 0.6 is 0 Å². The number of hydrogen-bond acceptors (Lipinski definition) is 1. The molecule has 1 aromatic heterocycles. The van der Waals surface area contributed by atoms with Crippen molar-refractivity contribution in [2.75, 3.05) is 0 Å².